The van der Waals surface area contributed by atoms with Crippen LogP contribution in [0.2, 0.25) is 5.02 Å². The van der Waals surface area contributed by atoms with E-state index in [0.717, 1.165) is 28.5 Å². The molecule has 3 aromatic rings. The second-order valence-corrected chi connectivity index (χ2v) is 4.72. The predicted octanol–water partition coefficient (Wildman–Crippen LogP) is 2.93. The van der Waals surface area contributed by atoms with Crippen molar-refractivity contribution in [2.75, 3.05) is 5.32 Å². The van der Waals surface area contributed by atoms with Crippen molar-refractivity contribution in [2.24, 2.45) is 0 Å². The van der Waals surface area contributed by atoms with Crippen LogP contribution in [0.5, 0.6) is 0 Å². The quantitative estimate of drug-likeness (QED) is 0.801. The van der Waals surface area contributed by atoms with Gasteiger partial charge >= 0.3 is 0 Å². The van der Waals surface area contributed by atoms with Crippen molar-refractivity contribution in [3.8, 4) is 5.69 Å². The molecule has 0 unspecified atom stereocenters. The lowest BCUT2D eigenvalue weighted by atomic mass is 10.2. The van der Waals surface area contributed by atoms with Crippen LogP contribution in [0.4, 0.5) is 5.69 Å². The summed E-state index contributed by atoms with van der Waals surface area (Å²) in [5, 5.41) is 15.1. The lowest BCUT2D eigenvalue weighted by Gasteiger charge is -2.07. The first-order valence-electron chi connectivity index (χ1n) is 6.13. The normalized spacial score (nSPS) is 10.4. The summed E-state index contributed by atoms with van der Waals surface area (Å²) in [5.74, 6) is 0. The summed E-state index contributed by atoms with van der Waals surface area (Å²) in [6.45, 7) is 0.727. The molecular formula is C14H12ClN5. The molecule has 0 fully saturated rings. The zero-order chi connectivity index (χ0) is 13.8. The standard InChI is InChI=1S/C14H12ClN5/c15-12-3-1-2-11(8-12)9-16-13-4-6-14(7-5-13)20-10-17-18-19-20/h1-8,10,16H,9H2. The number of halogens is 1. The van der Waals surface area contributed by atoms with E-state index in [1.165, 1.54) is 0 Å². The van der Waals surface area contributed by atoms with Crippen molar-refractivity contribution in [1.82, 2.24) is 20.2 Å². The molecular weight excluding hydrogens is 274 g/mol. The van der Waals surface area contributed by atoms with Crippen molar-refractivity contribution < 1.29 is 0 Å². The van der Waals surface area contributed by atoms with Crippen LogP contribution < -0.4 is 5.32 Å². The minimum atomic E-state index is 0.727. The molecule has 0 spiro atoms. The van der Waals surface area contributed by atoms with Gasteiger partial charge in [0.1, 0.15) is 6.33 Å². The second-order valence-electron chi connectivity index (χ2n) is 4.28. The van der Waals surface area contributed by atoms with Gasteiger partial charge in [0.15, 0.2) is 0 Å². The number of tetrazole rings is 1. The van der Waals surface area contributed by atoms with Gasteiger partial charge in [-0.3, -0.25) is 0 Å². The maximum Gasteiger partial charge on any atom is 0.143 e. The molecule has 0 saturated heterocycles. The highest BCUT2D eigenvalue weighted by Crippen LogP contribution is 2.15. The molecule has 0 aliphatic heterocycles. The molecule has 0 atom stereocenters. The van der Waals surface area contributed by atoms with Gasteiger partial charge in [0.05, 0.1) is 5.69 Å². The second kappa shape index (κ2) is 5.71. The van der Waals surface area contributed by atoms with Crippen molar-refractivity contribution in [3.05, 3.63) is 65.4 Å². The Kier molecular flexibility index (Phi) is 3.60. The molecule has 0 radical (unpaired) electrons. The van der Waals surface area contributed by atoms with Gasteiger partial charge < -0.3 is 5.32 Å². The highest BCUT2D eigenvalue weighted by atomic mass is 35.5. The Hall–Kier alpha value is -2.40. The number of hydrogen-bond acceptors (Lipinski definition) is 4. The predicted molar refractivity (Wildman–Crippen MR) is 77.9 cm³/mol. The summed E-state index contributed by atoms with van der Waals surface area (Å²) in [4.78, 5) is 0. The van der Waals surface area contributed by atoms with Gasteiger partial charge in [-0.2, -0.15) is 0 Å². The smallest absolute Gasteiger partial charge is 0.143 e. The maximum atomic E-state index is 5.96. The van der Waals surface area contributed by atoms with Crippen LogP contribution in [-0.2, 0) is 6.54 Å². The van der Waals surface area contributed by atoms with Gasteiger partial charge in [-0.05, 0) is 52.4 Å². The Balaban J connectivity index is 1.67. The number of nitrogens with zero attached hydrogens (tertiary/aromatic N) is 4. The van der Waals surface area contributed by atoms with Crippen LogP contribution in [0, 0.1) is 0 Å². The largest absolute Gasteiger partial charge is 0.381 e. The molecule has 2 aromatic carbocycles. The first-order valence-corrected chi connectivity index (χ1v) is 6.51. The van der Waals surface area contributed by atoms with Crippen LogP contribution in [0.1, 0.15) is 5.56 Å². The monoisotopic (exact) mass is 285 g/mol. The summed E-state index contributed by atoms with van der Waals surface area (Å²) < 4.78 is 1.61. The molecule has 1 heterocycles. The number of nitrogens with one attached hydrogen (secondary N) is 1. The lowest BCUT2D eigenvalue weighted by molar-refractivity contribution is 0.789. The van der Waals surface area contributed by atoms with Gasteiger partial charge in [0.2, 0.25) is 0 Å². The summed E-state index contributed by atoms with van der Waals surface area (Å²) in [7, 11) is 0. The van der Waals surface area contributed by atoms with Crippen LogP contribution in [-0.4, -0.2) is 20.2 Å². The van der Waals surface area contributed by atoms with E-state index in [1.54, 1.807) is 11.0 Å². The number of benzene rings is 2. The molecule has 5 nitrogen and oxygen atoms in total. The first-order chi connectivity index (χ1) is 9.81. The van der Waals surface area contributed by atoms with E-state index in [4.69, 9.17) is 11.6 Å². The van der Waals surface area contributed by atoms with Gasteiger partial charge in [-0.25, -0.2) is 4.68 Å². The van der Waals surface area contributed by atoms with E-state index in [-0.39, 0.29) is 0 Å². The summed E-state index contributed by atoms with van der Waals surface area (Å²) in [5.41, 5.74) is 3.09. The minimum Gasteiger partial charge on any atom is -0.381 e. The van der Waals surface area contributed by atoms with Crippen molar-refractivity contribution in [1.29, 1.82) is 0 Å². The number of anilines is 1. The number of hydrogen-bond donors (Lipinski definition) is 1. The average molecular weight is 286 g/mol. The molecule has 0 aliphatic carbocycles. The van der Waals surface area contributed by atoms with Crippen LogP contribution in [0.25, 0.3) is 5.69 Å². The highest BCUT2D eigenvalue weighted by Gasteiger charge is 1.99. The fourth-order valence-corrected chi connectivity index (χ4v) is 2.08. The molecule has 0 saturated carbocycles. The Bertz CT molecular complexity index is 679. The van der Waals surface area contributed by atoms with E-state index in [0.29, 0.717) is 0 Å². The Morgan fingerprint density at radius 2 is 1.95 bits per heavy atom. The van der Waals surface area contributed by atoms with E-state index in [2.05, 4.69) is 20.8 Å². The van der Waals surface area contributed by atoms with E-state index in [9.17, 15) is 0 Å². The number of aromatic nitrogens is 4. The molecule has 3 rings (SSSR count). The van der Waals surface area contributed by atoms with E-state index >= 15 is 0 Å². The summed E-state index contributed by atoms with van der Waals surface area (Å²) in [6, 6.07) is 15.7. The topological polar surface area (TPSA) is 55.6 Å². The SMILES string of the molecule is Clc1cccc(CNc2ccc(-n3cnnn3)cc2)c1. The van der Waals surface area contributed by atoms with Gasteiger partial charge in [0, 0.05) is 17.3 Å². The molecule has 0 aliphatic rings. The average Bonchev–Trinajstić information content (AvgIpc) is 3.00. The molecule has 100 valence electrons. The van der Waals surface area contributed by atoms with E-state index in [1.807, 2.05) is 48.5 Å². The highest BCUT2D eigenvalue weighted by molar-refractivity contribution is 6.30. The Morgan fingerprint density at radius 1 is 1.10 bits per heavy atom. The lowest BCUT2D eigenvalue weighted by Crippen LogP contribution is -2.00. The van der Waals surface area contributed by atoms with Crippen LogP contribution in [0.15, 0.2) is 54.9 Å². The Labute approximate surface area is 121 Å². The zero-order valence-electron chi connectivity index (χ0n) is 10.6. The third kappa shape index (κ3) is 2.95. The van der Waals surface area contributed by atoms with Gasteiger partial charge in [-0.15, -0.1) is 5.10 Å². The Morgan fingerprint density at radius 3 is 2.65 bits per heavy atom. The van der Waals surface area contributed by atoms with Crippen molar-refractivity contribution in [3.63, 3.8) is 0 Å². The fraction of sp³-hybridized carbons (Fsp3) is 0.0714. The third-order valence-electron chi connectivity index (χ3n) is 2.87. The molecule has 6 heteroatoms. The minimum absolute atomic E-state index is 0.727. The summed E-state index contributed by atoms with van der Waals surface area (Å²) in [6.07, 6.45) is 1.56. The van der Waals surface area contributed by atoms with Crippen molar-refractivity contribution in [2.45, 2.75) is 6.54 Å². The zero-order valence-corrected chi connectivity index (χ0v) is 11.3. The van der Waals surface area contributed by atoms with Crippen molar-refractivity contribution >= 4 is 17.3 Å². The number of rotatable bonds is 4. The van der Waals surface area contributed by atoms with Crippen LogP contribution >= 0.6 is 11.6 Å². The third-order valence-corrected chi connectivity index (χ3v) is 3.10. The first kappa shape index (κ1) is 12.6. The maximum absolute atomic E-state index is 5.96. The molecule has 1 aromatic heterocycles. The molecule has 0 amide bonds. The van der Waals surface area contributed by atoms with Crippen LogP contribution in [0.3, 0.4) is 0 Å². The van der Waals surface area contributed by atoms with E-state index < -0.39 is 0 Å². The summed E-state index contributed by atoms with van der Waals surface area (Å²) >= 11 is 5.96. The van der Waals surface area contributed by atoms with Gasteiger partial charge in [0.25, 0.3) is 0 Å². The van der Waals surface area contributed by atoms with Gasteiger partial charge in [-0.1, -0.05) is 23.7 Å². The molecule has 0 bridgehead atoms. The molecule has 1 N–H and O–H groups in total. The fourth-order valence-electron chi connectivity index (χ4n) is 1.86. The molecule has 20 heavy (non-hydrogen) atoms.